The first-order chi connectivity index (χ1) is 13.7. The van der Waals surface area contributed by atoms with Gasteiger partial charge in [0.05, 0.1) is 4.90 Å². The van der Waals surface area contributed by atoms with Crippen molar-refractivity contribution >= 4 is 27.5 Å². The minimum Gasteiger partial charge on any atom is -0.336 e. The van der Waals surface area contributed by atoms with Gasteiger partial charge >= 0.3 is 0 Å². The largest absolute Gasteiger partial charge is 0.336 e. The molecule has 6 nitrogen and oxygen atoms in total. The third kappa shape index (κ3) is 5.79. The second-order valence-corrected chi connectivity index (χ2v) is 10.00. The summed E-state index contributed by atoms with van der Waals surface area (Å²) < 4.78 is 28.1. The highest BCUT2D eigenvalue weighted by Crippen LogP contribution is 2.18. The van der Waals surface area contributed by atoms with Crippen molar-refractivity contribution in [2.45, 2.75) is 24.3 Å². The van der Waals surface area contributed by atoms with Crippen molar-refractivity contribution in [3.05, 3.63) is 65.2 Å². The van der Waals surface area contributed by atoms with E-state index in [1.54, 1.807) is 12.1 Å². The lowest BCUT2D eigenvalue weighted by molar-refractivity contribution is 0.0612. The van der Waals surface area contributed by atoms with Crippen molar-refractivity contribution in [1.82, 2.24) is 14.5 Å². The van der Waals surface area contributed by atoms with E-state index in [1.165, 1.54) is 12.1 Å². The summed E-state index contributed by atoms with van der Waals surface area (Å²) in [5.74, 6) is 0.0351. The molecule has 1 amide bonds. The van der Waals surface area contributed by atoms with Crippen LogP contribution in [-0.4, -0.2) is 62.4 Å². The lowest BCUT2D eigenvalue weighted by Gasteiger charge is -2.39. The van der Waals surface area contributed by atoms with Crippen LogP contribution in [0.5, 0.6) is 0 Å². The molecule has 8 heteroatoms. The third-order valence-electron chi connectivity index (χ3n) is 4.83. The van der Waals surface area contributed by atoms with Crippen LogP contribution >= 0.6 is 11.6 Å². The van der Waals surface area contributed by atoms with Gasteiger partial charge in [0.15, 0.2) is 0 Å². The van der Waals surface area contributed by atoms with Crippen molar-refractivity contribution in [3.8, 4) is 0 Å². The summed E-state index contributed by atoms with van der Waals surface area (Å²) in [6, 6.07) is 15.4. The van der Waals surface area contributed by atoms with E-state index in [1.807, 2.05) is 49.1 Å². The highest BCUT2D eigenvalue weighted by atomic mass is 35.5. The minimum absolute atomic E-state index is 0.0351. The maximum absolute atomic E-state index is 12.7. The molecule has 1 fully saturated rings. The number of hydrogen-bond donors (Lipinski definition) is 1. The first kappa shape index (κ1) is 21.8. The van der Waals surface area contributed by atoms with Gasteiger partial charge in [-0.15, -0.1) is 0 Å². The molecule has 2 aromatic carbocycles. The smallest absolute Gasteiger partial charge is 0.253 e. The average molecular weight is 436 g/mol. The van der Waals surface area contributed by atoms with Crippen molar-refractivity contribution in [1.29, 1.82) is 0 Å². The average Bonchev–Trinajstić information content (AvgIpc) is 2.68. The fourth-order valence-electron chi connectivity index (χ4n) is 3.50. The van der Waals surface area contributed by atoms with Crippen molar-refractivity contribution in [2.75, 3.05) is 32.7 Å². The van der Waals surface area contributed by atoms with Gasteiger partial charge in [-0.1, -0.05) is 29.8 Å². The van der Waals surface area contributed by atoms with E-state index < -0.39 is 15.6 Å². The Hall–Kier alpha value is -1.93. The zero-order chi connectivity index (χ0) is 21.1. The Morgan fingerprint density at radius 2 is 1.59 bits per heavy atom. The first-order valence-corrected chi connectivity index (χ1v) is 11.4. The summed E-state index contributed by atoms with van der Waals surface area (Å²) in [5, 5.41) is 0.492. The van der Waals surface area contributed by atoms with Gasteiger partial charge in [-0.2, -0.15) is 0 Å². The van der Waals surface area contributed by atoms with Crippen LogP contribution in [0, 0.1) is 0 Å². The van der Waals surface area contributed by atoms with Gasteiger partial charge in [-0.25, -0.2) is 13.1 Å². The summed E-state index contributed by atoms with van der Waals surface area (Å²) in [6.45, 7) is 6.91. The number of carbonyl (C=O) groups excluding carboxylic acids is 1. The van der Waals surface area contributed by atoms with E-state index >= 15 is 0 Å². The van der Waals surface area contributed by atoms with E-state index in [0.29, 0.717) is 43.3 Å². The van der Waals surface area contributed by atoms with E-state index in [9.17, 15) is 13.2 Å². The van der Waals surface area contributed by atoms with Crippen molar-refractivity contribution in [2.24, 2.45) is 0 Å². The quantitative estimate of drug-likeness (QED) is 0.757. The molecule has 0 atom stereocenters. The number of amides is 1. The summed E-state index contributed by atoms with van der Waals surface area (Å²) >= 11 is 5.85. The SMILES string of the molecule is CC(C)(CN1CCN(C(=O)c2ccccc2)CC1)NS(=O)(=O)c1ccc(Cl)cc1. The van der Waals surface area contributed by atoms with Gasteiger partial charge in [-0.05, 0) is 50.2 Å². The zero-order valence-electron chi connectivity index (χ0n) is 16.6. The molecule has 1 saturated heterocycles. The van der Waals surface area contributed by atoms with Gasteiger partial charge in [0.1, 0.15) is 0 Å². The molecule has 3 rings (SSSR count). The summed E-state index contributed by atoms with van der Waals surface area (Å²) in [5.41, 5.74) is 0.0291. The fraction of sp³-hybridized carbons (Fsp3) is 0.381. The maximum Gasteiger partial charge on any atom is 0.253 e. The van der Waals surface area contributed by atoms with Gasteiger partial charge < -0.3 is 4.90 Å². The number of benzene rings is 2. The molecule has 2 aromatic rings. The summed E-state index contributed by atoms with van der Waals surface area (Å²) in [7, 11) is -3.65. The molecular weight excluding hydrogens is 410 g/mol. The Kier molecular flexibility index (Phi) is 6.63. The summed E-state index contributed by atoms with van der Waals surface area (Å²) in [6.07, 6.45) is 0. The normalized spacial score (nSPS) is 16.0. The lowest BCUT2D eigenvalue weighted by Crippen LogP contribution is -2.56. The Morgan fingerprint density at radius 3 is 2.17 bits per heavy atom. The molecule has 0 unspecified atom stereocenters. The second kappa shape index (κ2) is 8.83. The maximum atomic E-state index is 12.7. The first-order valence-electron chi connectivity index (χ1n) is 9.53. The fourth-order valence-corrected chi connectivity index (χ4v) is 5.03. The molecule has 0 saturated carbocycles. The number of nitrogens with zero attached hydrogens (tertiary/aromatic N) is 2. The summed E-state index contributed by atoms with van der Waals surface area (Å²) in [4.78, 5) is 16.8. The van der Waals surface area contributed by atoms with Gasteiger partial charge in [0.25, 0.3) is 5.91 Å². The molecule has 29 heavy (non-hydrogen) atoms. The van der Waals surface area contributed by atoms with Crippen LogP contribution in [0.25, 0.3) is 0 Å². The Bertz CT molecular complexity index is 939. The predicted molar refractivity (Wildman–Crippen MR) is 115 cm³/mol. The van der Waals surface area contributed by atoms with Crippen LogP contribution in [0.15, 0.2) is 59.5 Å². The van der Waals surface area contributed by atoms with E-state index in [0.717, 1.165) is 0 Å². The number of nitrogens with one attached hydrogen (secondary N) is 1. The van der Waals surface area contributed by atoms with Crippen LogP contribution < -0.4 is 4.72 Å². The van der Waals surface area contributed by atoms with E-state index in [4.69, 9.17) is 11.6 Å². The van der Waals surface area contributed by atoms with Crippen LogP contribution in [0.3, 0.4) is 0 Å². The van der Waals surface area contributed by atoms with Crippen LogP contribution in [0.2, 0.25) is 5.02 Å². The molecular formula is C21H26ClN3O3S. The molecule has 1 aliphatic rings. The minimum atomic E-state index is -3.65. The number of rotatable bonds is 6. The van der Waals surface area contributed by atoms with Crippen molar-refractivity contribution < 1.29 is 13.2 Å². The van der Waals surface area contributed by atoms with Crippen LogP contribution in [0.1, 0.15) is 24.2 Å². The number of sulfonamides is 1. The highest BCUT2D eigenvalue weighted by molar-refractivity contribution is 7.89. The van der Waals surface area contributed by atoms with Gasteiger partial charge in [-0.3, -0.25) is 9.69 Å². The van der Waals surface area contributed by atoms with Gasteiger partial charge in [0.2, 0.25) is 10.0 Å². The Morgan fingerprint density at radius 1 is 1.00 bits per heavy atom. The third-order valence-corrected chi connectivity index (χ3v) is 6.80. The Balaban J connectivity index is 1.56. The van der Waals surface area contributed by atoms with Crippen LogP contribution in [-0.2, 0) is 10.0 Å². The molecule has 1 aliphatic heterocycles. The van der Waals surface area contributed by atoms with E-state index in [2.05, 4.69) is 9.62 Å². The topological polar surface area (TPSA) is 69.7 Å². The monoisotopic (exact) mass is 435 g/mol. The van der Waals surface area contributed by atoms with Gasteiger partial charge in [0, 0.05) is 48.8 Å². The molecule has 156 valence electrons. The molecule has 0 aromatic heterocycles. The highest BCUT2D eigenvalue weighted by Gasteiger charge is 2.30. The van der Waals surface area contributed by atoms with Crippen LogP contribution in [0.4, 0.5) is 0 Å². The lowest BCUT2D eigenvalue weighted by atomic mass is 10.1. The van der Waals surface area contributed by atoms with E-state index in [-0.39, 0.29) is 10.8 Å². The Labute approximate surface area is 177 Å². The van der Waals surface area contributed by atoms with Crippen molar-refractivity contribution in [3.63, 3.8) is 0 Å². The molecule has 0 bridgehead atoms. The standard InChI is InChI=1S/C21H26ClN3O3S/c1-21(2,23-29(27,28)19-10-8-18(22)9-11-19)16-24-12-14-25(15-13-24)20(26)17-6-4-3-5-7-17/h3-11,23H,12-16H2,1-2H3. The number of piperazine rings is 1. The zero-order valence-corrected chi connectivity index (χ0v) is 18.2. The molecule has 1 heterocycles. The molecule has 0 radical (unpaired) electrons. The molecule has 0 spiro atoms. The molecule has 0 aliphatic carbocycles. The second-order valence-electron chi connectivity index (χ2n) is 7.88. The number of halogens is 1. The number of carbonyl (C=O) groups is 1. The molecule has 1 N–H and O–H groups in total. The predicted octanol–water partition coefficient (Wildman–Crippen LogP) is 2.85. The number of hydrogen-bond acceptors (Lipinski definition) is 4.